The Balaban J connectivity index is 1.49. The molecule has 1 amide bonds. The Morgan fingerprint density at radius 3 is 2.76 bits per heavy atom. The van der Waals surface area contributed by atoms with Gasteiger partial charge >= 0.3 is 0 Å². The zero-order valence-corrected chi connectivity index (χ0v) is 14.0. The van der Waals surface area contributed by atoms with Gasteiger partial charge in [-0.1, -0.05) is 23.4 Å². The highest BCUT2D eigenvalue weighted by Crippen LogP contribution is 2.39. The summed E-state index contributed by atoms with van der Waals surface area (Å²) in [6, 6.07) is 14.7. The second kappa shape index (κ2) is 6.51. The predicted molar refractivity (Wildman–Crippen MR) is 94.0 cm³/mol. The number of amides is 1. The summed E-state index contributed by atoms with van der Waals surface area (Å²) in [5.74, 6) is 1.09. The minimum Gasteiger partial charge on any atom is -0.359 e. The molecule has 1 aliphatic carbocycles. The molecule has 5 heteroatoms. The maximum atomic E-state index is 12.3. The third kappa shape index (κ3) is 3.45. The van der Waals surface area contributed by atoms with Crippen molar-refractivity contribution in [1.82, 2.24) is 15.5 Å². The average Bonchev–Trinajstić information content (AvgIpc) is 3.39. The third-order valence-electron chi connectivity index (χ3n) is 4.41. The monoisotopic (exact) mass is 333 g/mol. The van der Waals surface area contributed by atoms with E-state index in [1.807, 2.05) is 43.5 Å². The molecule has 2 heterocycles. The first kappa shape index (κ1) is 15.6. The zero-order chi connectivity index (χ0) is 17.2. The summed E-state index contributed by atoms with van der Waals surface area (Å²) in [6.07, 6.45) is 4.24. The summed E-state index contributed by atoms with van der Waals surface area (Å²) in [7, 11) is 0. The van der Waals surface area contributed by atoms with Gasteiger partial charge in [-0.3, -0.25) is 9.78 Å². The number of aromatic nitrogens is 2. The Morgan fingerprint density at radius 1 is 1.20 bits per heavy atom. The lowest BCUT2D eigenvalue weighted by atomic mass is 10.1. The van der Waals surface area contributed by atoms with E-state index in [1.54, 1.807) is 12.1 Å². The van der Waals surface area contributed by atoms with Gasteiger partial charge in [-0.05, 0) is 44.0 Å². The van der Waals surface area contributed by atoms with E-state index >= 15 is 0 Å². The van der Waals surface area contributed by atoms with Crippen LogP contribution in [-0.4, -0.2) is 16.0 Å². The molecule has 1 N–H and O–H groups in total. The Kier molecular flexibility index (Phi) is 4.06. The van der Waals surface area contributed by atoms with Crippen molar-refractivity contribution in [2.75, 3.05) is 0 Å². The summed E-state index contributed by atoms with van der Waals surface area (Å²) < 4.78 is 5.45. The molecule has 126 valence electrons. The Bertz CT molecular complexity index is 885. The Hall–Kier alpha value is -2.95. The van der Waals surface area contributed by atoms with Crippen molar-refractivity contribution in [3.05, 3.63) is 71.7 Å². The standard InChI is InChI=1S/C20H19N3O2/c1-13(22-20(24)15-5-3-2-4-6-15)19-12-18(23-25-19)16-9-10-21-17(11-16)14-7-8-14/h2-6,9-14H,7-8H2,1H3,(H,22,24)/t13-/m0/s1. The summed E-state index contributed by atoms with van der Waals surface area (Å²) >= 11 is 0. The number of hydrogen-bond donors (Lipinski definition) is 1. The fraction of sp³-hybridized carbons (Fsp3) is 0.250. The number of benzene rings is 1. The Morgan fingerprint density at radius 2 is 2.00 bits per heavy atom. The first-order chi connectivity index (χ1) is 12.2. The summed E-state index contributed by atoms with van der Waals surface area (Å²) in [6.45, 7) is 1.88. The highest BCUT2D eigenvalue weighted by Gasteiger charge is 2.25. The number of rotatable bonds is 5. The van der Waals surface area contributed by atoms with E-state index in [0.717, 1.165) is 17.0 Å². The average molecular weight is 333 g/mol. The third-order valence-corrected chi connectivity index (χ3v) is 4.41. The molecule has 3 aromatic rings. The van der Waals surface area contributed by atoms with E-state index in [-0.39, 0.29) is 11.9 Å². The molecular weight excluding hydrogens is 314 g/mol. The quantitative estimate of drug-likeness (QED) is 0.763. The lowest BCUT2D eigenvalue weighted by Gasteiger charge is -2.10. The second-order valence-corrected chi connectivity index (χ2v) is 6.42. The molecule has 1 saturated carbocycles. The molecule has 0 bridgehead atoms. The van der Waals surface area contributed by atoms with Gasteiger partial charge in [0.05, 0.1) is 6.04 Å². The lowest BCUT2D eigenvalue weighted by Crippen LogP contribution is -2.26. The zero-order valence-electron chi connectivity index (χ0n) is 14.0. The van der Waals surface area contributed by atoms with Gasteiger partial charge in [0.1, 0.15) is 5.69 Å². The molecule has 0 saturated heterocycles. The van der Waals surface area contributed by atoms with E-state index in [1.165, 1.54) is 12.8 Å². The maximum Gasteiger partial charge on any atom is 0.251 e. The van der Waals surface area contributed by atoms with Crippen LogP contribution in [0.25, 0.3) is 11.3 Å². The van der Waals surface area contributed by atoms with E-state index < -0.39 is 0 Å². The van der Waals surface area contributed by atoms with Gasteiger partial charge < -0.3 is 9.84 Å². The van der Waals surface area contributed by atoms with Crippen LogP contribution in [0.3, 0.4) is 0 Å². The van der Waals surface area contributed by atoms with Crippen molar-refractivity contribution in [3.63, 3.8) is 0 Å². The summed E-state index contributed by atoms with van der Waals surface area (Å²) in [4.78, 5) is 16.7. The molecule has 0 aliphatic heterocycles. The van der Waals surface area contributed by atoms with Crippen LogP contribution in [0.5, 0.6) is 0 Å². The van der Waals surface area contributed by atoms with Crippen LogP contribution in [0.2, 0.25) is 0 Å². The van der Waals surface area contributed by atoms with Gasteiger partial charge in [-0.2, -0.15) is 0 Å². The number of hydrogen-bond acceptors (Lipinski definition) is 4. The van der Waals surface area contributed by atoms with Crippen LogP contribution in [0.4, 0.5) is 0 Å². The molecular formula is C20H19N3O2. The molecule has 0 unspecified atom stereocenters. The number of carbonyl (C=O) groups is 1. The van der Waals surface area contributed by atoms with Crippen molar-refractivity contribution in [3.8, 4) is 11.3 Å². The van der Waals surface area contributed by atoms with E-state index in [4.69, 9.17) is 4.52 Å². The van der Waals surface area contributed by atoms with Gasteiger partial charge in [0.2, 0.25) is 0 Å². The van der Waals surface area contributed by atoms with Crippen LogP contribution < -0.4 is 5.32 Å². The number of carbonyl (C=O) groups excluding carboxylic acids is 1. The van der Waals surface area contributed by atoms with Crippen molar-refractivity contribution < 1.29 is 9.32 Å². The SMILES string of the molecule is C[C@H](NC(=O)c1ccccc1)c1cc(-c2ccnc(C3CC3)c2)no1. The van der Waals surface area contributed by atoms with Crippen LogP contribution >= 0.6 is 0 Å². The van der Waals surface area contributed by atoms with Crippen molar-refractivity contribution >= 4 is 5.91 Å². The van der Waals surface area contributed by atoms with Gasteiger partial charge in [0.15, 0.2) is 5.76 Å². The van der Waals surface area contributed by atoms with Crippen LogP contribution in [0.15, 0.2) is 59.3 Å². The van der Waals surface area contributed by atoms with Crippen LogP contribution in [0, 0.1) is 0 Å². The highest BCUT2D eigenvalue weighted by molar-refractivity contribution is 5.94. The van der Waals surface area contributed by atoms with Crippen molar-refractivity contribution in [2.24, 2.45) is 0 Å². The van der Waals surface area contributed by atoms with Crippen LogP contribution in [-0.2, 0) is 0 Å². The number of nitrogens with one attached hydrogen (secondary N) is 1. The number of pyridine rings is 1. The minimum atomic E-state index is -0.265. The predicted octanol–water partition coefficient (Wildman–Crippen LogP) is 4.11. The van der Waals surface area contributed by atoms with Gasteiger partial charge in [0, 0.05) is 35.0 Å². The van der Waals surface area contributed by atoms with Gasteiger partial charge in [-0.25, -0.2) is 0 Å². The molecule has 1 fully saturated rings. The second-order valence-electron chi connectivity index (χ2n) is 6.42. The Labute approximate surface area is 146 Å². The molecule has 0 spiro atoms. The topological polar surface area (TPSA) is 68.0 Å². The van der Waals surface area contributed by atoms with Crippen molar-refractivity contribution in [1.29, 1.82) is 0 Å². The van der Waals surface area contributed by atoms with Crippen LogP contribution in [0.1, 0.15) is 53.5 Å². The first-order valence-electron chi connectivity index (χ1n) is 8.49. The molecule has 1 aliphatic rings. The molecule has 1 aromatic carbocycles. The lowest BCUT2D eigenvalue weighted by molar-refractivity contribution is 0.0934. The molecule has 25 heavy (non-hydrogen) atoms. The highest BCUT2D eigenvalue weighted by atomic mass is 16.5. The smallest absolute Gasteiger partial charge is 0.251 e. The number of nitrogens with zero attached hydrogens (tertiary/aromatic N) is 2. The molecule has 4 rings (SSSR count). The van der Waals surface area contributed by atoms with E-state index in [0.29, 0.717) is 17.2 Å². The summed E-state index contributed by atoms with van der Waals surface area (Å²) in [5, 5.41) is 7.09. The maximum absolute atomic E-state index is 12.3. The largest absolute Gasteiger partial charge is 0.359 e. The molecule has 2 aromatic heterocycles. The first-order valence-corrected chi connectivity index (χ1v) is 8.49. The normalized spacial score (nSPS) is 14.9. The molecule has 5 nitrogen and oxygen atoms in total. The van der Waals surface area contributed by atoms with Gasteiger partial charge in [0.25, 0.3) is 5.91 Å². The van der Waals surface area contributed by atoms with E-state index in [9.17, 15) is 4.79 Å². The fourth-order valence-corrected chi connectivity index (χ4v) is 2.78. The summed E-state index contributed by atoms with van der Waals surface area (Å²) in [5.41, 5.74) is 3.50. The van der Waals surface area contributed by atoms with Gasteiger partial charge in [-0.15, -0.1) is 0 Å². The van der Waals surface area contributed by atoms with Crippen molar-refractivity contribution in [2.45, 2.75) is 31.7 Å². The molecule has 0 radical (unpaired) electrons. The minimum absolute atomic E-state index is 0.133. The fourth-order valence-electron chi connectivity index (χ4n) is 2.78. The molecule has 1 atom stereocenters. The van der Waals surface area contributed by atoms with E-state index in [2.05, 4.69) is 21.5 Å².